The summed E-state index contributed by atoms with van der Waals surface area (Å²) in [5.41, 5.74) is -0.615. The standard InChI is InChI=1S/C12H25N3O2.2ClH/c1-4-15(2)10-9-14-11(16)12(17-3)5-7-13-8-6-12;;/h13H,4-10H2,1-3H3,(H,14,16);2*1H. The Bertz CT molecular complexity index is 249. The second kappa shape index (κ2) is 10.7. The summed E-state index contributed by atoms with van der Waals surface area (Å²) in [6, 6.07) is 0. The minimum absolute atomic E-state index is 0. The van der Waals surface area contributed by atoms with Crippen LogP contribution in [0.25, 0.3) is 0 Å². The number of rotatable bonds is 6. The molecule has 1 amide bonds. The van der Waals surface area contributed by atoms with Crippen molar-refractivity contribution in [3.63, 3.8) is 0 Å². The molecule has 0 aromatic carbocycles. The number of nitrogens with zero attached hydrogens (tertiary/aromatic N) is 1. The van der Waals surface area contributed by atoms with Gasteiger partial charge in [-0.1, -0.05) is 6.92 Å². The van der Waals surface area contributed by atoms with E-state index in [2.05, 4.69) is 22.5 Å². The van der Waals surface area contributed by atoms with E-state index in [0.717, 1.165) is 39.0 Å². The Morgan fingerprint density at radius 1 is 1.37 bits per heavy atom. The van der Waals surface area contributed by atoms with Crippen LogP contribution in [-0.4, -0.2) is 63.3 Å². The molecule has 0 aliphatic carbocycles. The predicted molar refractivity (Wildman–Crippen MR) is 82.5 cm³/mol. The molecular formula is C12H27Cl2N3O2. The molecule has 5 nitrogen and oxygen atoms in total. The summed E-state index contributed by atoms with van der Waals surface area (Å²) >= 11 is 0. The Labute approximate surface area is 128 Å². The van der Waals surface area contributed by atoms with Gasteiger partial charge in [0.15, 0.2) is 0 Å². The number of halogens is 2. The van der Waals surface area contributed by atoms with Crippen LogP contribution in [0.15, 0.2) is 0 Å². The van der Waals surface area contributed by atoms with Gasteiger partial charge in [-0.05, 0) is 39.5 Å². The minimum Gasteiger partial charge on any atom is -0.368 e. The van der Waals surface area contributed by atoms with E-state index < -0.39 is 5.60 Å². The molecule has 0 unspecified atom stereocenters. The number of methoxy groups -OCH3 is 1. The van der Waals surface area contributed by atoms with Gasteiger partial charge >= 0.3 is 0 Å². The van der Waals surface area contributed by atoms with Gasteiger partial charge in [0.1, 0.15) is 5.60 Å². The monoisotopic (exact) mass is 315 g/mol. The van der Waals surface area contributed by atoms with Gasteiger partial charge in [0.2, 0.25) is 0 Å². The quantitative estimate of drug-likeness (QED) is 0.756. The Morgan fingerprint density at radius 3 is 2.42 bits per heavy atom. The highest BCUT2D eigenvalue weighted by atomic mass is 35.5. The smallest absolute Gasteiger partial charge is 0.252 e. The number of hydrogen-bond acceptors (Lipinski definition) is 4. The molecule has 0 bridgehead atoms. The molecular weight excluding hydrogens is 289 g/mol. The van der Waals surface area contributed by atoms with Crippen molar-refractivity contribution in [1.29, 1.82) is 0 Å². The molecule has 19 heavy (non-hydrogen) atoms. The van der Waals surface area contributed by atoms with Crippen LogP contribution in [0, 0.1) is 0 Å². The van der Waals surface area contributed by atoms with Gasteiger partial charge in [-0.15, -0.1) is 24.8 Å². The third-order valence-corrected chi connectivity index (χ3v) is 3.53. The van der Waals surface area contributed by atoms with E-state index in [1.165, 1.54) is 0 Å². The minimum atomic E-state index is -0.615. The van der Waals surface area contributed by atoms with Gasteiger partial charge < -0.3 is 20.3 Å². The molecule has 0 saturated carbocycles. The Hall–Kier alpha value is -0.0700. The van der Waals surface area contributed by atoms with E-state index in [9.17, 15) is 4.79 Å². The summed E-state index contributed by atoms with van der Waals surface area (Å²) in [5, 5.41) is 6.22. The maximum atomic E-state index is 12.1. The van der Waals surface area contributed by atoms with E-state index in [1.807, 2.05) is 7.05 Å². The molecule has 1 saturated heterocycles. The highest BCUT2D eigenvalue weighted by molar-refractivity contribution is 5.86. The van der Waals surface area contributed by atoms with Crippen molar-refractivity contribution >= 4 is 30.7 Å². The third-order valence-electron chi connectivity index (χ3n) is 3.53. The lowest BCUT2D eigenvalue weighted by molar-refractivity contribution is -0.146. The first-order chi connectivity index (χ1) is 8.14. The normalized spacial score (nSPS) is 17.3. The van der Waals surface area contributed by atoms with Gasteiger partial charge in [-0.3, -0.25) is 4.79 Å². The lowest BCUT2D eigenvalue weighted by atomic mass is 9.91. The van der Waals surface area contributed by atoms with E-state index in [0.29, 0.717) is 6.54 Å². The number of carbonyl (C=O) groups excluding carboxylic acids is 1. The zero-order valence-electron chi connectivity index (χ0n) is 12.0. The Kier molecular flexibility index (Phi) is 11.9. The lowest BCUT2D eigenvalue weighted by Gasteiger charge is -2.34. The van der Waals surface area contributed by atoms with Crippen LogP contribution in [0.3, 0.4) is 0 Å². The largest absolute Gasteiger partial charge is 0.368 e. The number of ether oxygens (including phenoxy) is 1. The van der Waals surface area contributed by atoms with Crippen molar-refractivity contribution < 1.29 is 9.53 Å². The van der Waals surface area contributed by atoms with Crippen LogP contribution >= 0.6 is 24.8 Å². The first-order valence-electron chi connectivity index (χ1n) is 6.37. The van der Waals surface area contributed by atoms with E-state index in [-0.39, 0.29) is 30.7 Å². The fourth-order valence-electron chi connectivity index (χ4n) is 2.03. The molecule has 0 atom stereocenters. The Morgan fingerprint density at radius 2 is 1.95 bits per heavy atom. The van der Waals surface area contributed by atoms with Crippen LogP contribution in [0.4, 0.5) is 0 Å². The molecule has 1 fully saturated rings. The summed E-state index contributed by atoms with van der Waals surface area (Å²) < 4.78 is 5.46. The molecule has 0 aromatic heterocycles. The van der Waals surface area contributed by atoms with Crippen molar-refractivity contribution in [3.8, 4) is 0 Å². The highest BCUT2D eigenvalue weighted by Gasteiger charge is 2.39. The molecule has 1 rings (SSSR count). The van der Waals surface area contributed by atoms with E-state index in [1.54, 1.807) is 7.11 Å². The molecule has 116 valence electrons. The van der Waals surface area contributed by atoms with Crippen molar-refractivity contribution in [1.82, 2.24) is 15.5 Å². The highest BCUT2D eigenvalue weighted by Crippen LogP contribution is 2.22. The van der Waals surface area contributed by atoms with Crippen molar-refractivity contribution in [2.45, 2.75) is 25.4 Å². The fraction of sp³-hybridized carbons (Fsp3) is 0.917. The number of hydrogen-bond donors (Lipinski definition) is 2. The maximum absolute atomic E-state index is 12.1. The summed E-state index contributed by atoms with van der Waals surface area (Å²) in [5.74, 6) is 0.0333. The number of piperidine rings is 1. The topological polar surface area (TPSA) is 53.6 Å². The van der Waals surface area contributed by atoms with Crippen LogP contribution in [0.1, 0.15) is 19.8 Å². The predicted octanol–water partition coefficient (Wildman–Crippen LogP) is 0.666. The molecule has 0 aromatic rings. The summed E-state index contributed by atoms with van der Waals surface area (Å²) in [7, 11) is 3.67. The number of nitrogens with one attached hydrogen (secondary N) is 2. The summed E-state index contributed by atoms with van der Waals surface area (Å²) in [4.78, 5) is 14.3. The van der Waals surface area contributed by atoms with Gasteiger partial charge in [0, 0.05) is 20.2 Å². The molecule has 2 N–H and O–H groups in total. The first-order valence-corrected chi connectivity index (χ1v) is 6.37. The van der Waals surface area contributed by atoms with Crippen molar-refractivity contribution in [2.24, 2.45) is 0 Å². The van der Waals surface area contributed by atoms with Gasteiger partial charge in [0.05, 0.1) is 0 Å². The number of likely N-dealkylation sites (N-methyl/N-ethyl adjacent to an activating group) is 1. The molecule has 1 aliphatic heterocycles. The molecule has 1 aliphatic rings. The third kappa shape index (κ3) is 6.27. The van der Waals surface area contributed by atoms with Crippen LogP contribution in [0.5, 0.6) is 0 Å². The Balaban J connectivity index is 0. The van der Waals surface area contributed by atoms with Crippen LogP contribution in [-0.2, 0) is 9.53 Å². The fourth-order valence-corrected chi connectivity index (χ4v) is 2.03. The van der Waals surface area contributed by atoms with Crippen LogP contribution in [0.2, 0.25) is 0 Å². The van der Waals surface area contributed by atoms with Crippen molar-refractivity contribution in [2.75, 3.05) is 46.9 Å². The molecule has 7 heteroatoms. The average Bonchev–Trinajstić information content (AvgIpc) is 2.39. The number of amides is 1. The second-order valence-corrected chi connectivity index (χ2v) is 4.60. The number of carbonyl (C=O) groups is 1. The van der Waals surface area contributed by atoms with Gasteiger partial charge in [-0.2, -0.15) is 0 Å². The van der Waals surface area contributed by atoms with E-state index in [4.69, 9.17) is 4.74 Å². The SMILES string of the molecule is CCN(C)CCNC(=O)C1(OC)CCNCC1.Cl.Cl. The lowest BCUT2D eigenvalue weighted by Crippen LogP contribution is -2.54. The summed E-state index contributed by atoms with van der Waals surface area (Å²) in [6.45, 7) is 6.34. The summed E-state index contributed by atoms with van der Waals surface area (Å²) in [6.07, 6.45) is 1.50. The molecule has 1 heterocycles. The van der Waals surface area contributed by atoms with Gasteiger partial charge in [0.25, 0.3) is 5.91 Å². The van der Waals surface area contributed by atoms with Crippen LogP contribution < -0.4 is 10.6 Å². The second-order valence-electron chi connectivity index (χ2n) is 4.60. The van der Waals surface area contributed by atoms with E-state index >= 15 is 0 Å². The maximum Gasteiger partial charge on any atom is 0.252 e. The zero-order valence-corrected chi connectivity index (χ0v) is 13.7. The first kappa shape index (κ1) is 21.2. The molecule has 0 radical (unpaired) electrons. The zero-order chi connectivity index (χ0) is 12.7. The molecule has 0 spiro atoms. The average molecular weight is 316 g/mol. The van der Waals surface area contributed by atoms with Gasteiger partial charge in [-0.25, -0.2) is 0 Å². The van der Waals surface area contributed by atoms with Crippen molar-refractivity contribution in [3.05, 3.63) is 0 Å².